The molecule has 4 heterocycles. The number of methoxy groups -OCH3 is 1. The van der Waals surface area contributed by atoms with Crippen molar-refractivity contribution in [3.8, 4) is 0 Å². The maximum absolute atomic E-state index is 12.3. The summed E-state index contributed by atoms with van der Waals surface area (Å²) in [6.45, 7) is 4.13. The number of hydrogen-bond donors (Lipinski definition) is 1. The molecule has 0 radical (unpaired) electrons. The number of benzene rings is 1. The van der Waals surface area contributed by atoms with E-state index in [1.165, 1.54) is 29.3 Å². The van der Waals surface area contributed by atoms with Crippen molar-refractivity contribution in [2.24, 2.45) is 11.8 Å². The van der Waals surface area contributed by atoms with E-state index in [2.05, 4.69) is 41.1 Å². The minimum atomic E-state index is -0.256. The molecule has 1 aromatic carbocycles. The SMILES string of the molecule is COC(=O)C1=CO[C@H](C)[C@H]2CN3CCc4c([nH]c5ccccc45)[C@H]3CC12. The van der Waals surface area contributed by atoms with Gasteiger partial charge in [0.05, 0.1) is 31.1 Å². The third-order valence-corrected chi connectivity index (χ3v) is 6.54. The normalized spacial score (nSPS) is 30.6. The lowest BCUT2D eigenvalue weighted by molar-refractivity contribution is -0.139. The van der Waals surface area contributed by atoms with Gasteiger partial charge in [0, 0.05) is 41.5 Å². The summed E-state index contributed by atoms with van der Waals surface area (Å²) in [6, 6.07) is 8.88. The van der Waals surface area contributed by atoms with Crippen LogP contribution in [-0.4, -0.2) is 42.2 Å². The predicted molar refractivity (Wildman–Crippen MR) is 98.6 cm³/mol. The molecule has 1 saturated heterocycles. The zero-order chi connectivity index (χ0) is 17.8. The number of carbonyl (C=O) groups excluding carboxylic acids is 1. The van der Waals surface area contributed by atoms with E-state index < -0.39 is 0 Å². The molecule has 0 amide bonds. The van der Waals surface area contributed by atoms with Gasteiger partial charge in [0.15, 0.2) is 0 Å². The van der Waals surface area contributed by atoms with Crippen LogP contribution >= 0.6 is 0 Å². The first-order valence-corrected chi connectivity index (χ1v) is 9.44. The van der Waals surface area contributed by atoms with Crippen molar-refractivity contribution in [3.63, 3.8) is 0 Å². The quantitative estimate of drug-likeness (QED) is 0.801. The minimum absolute atomic E-state index is 0.124. The monoisotopic (exact) mass is 352 g/mol. The molecule has 5 nitrogen and oxygen atoms in total. The van der Waals surface area contributed by atoms with E-state index in [0.717, 1.165) is 25.9 Å². The lowest BCUT2D eigenvalue weighted by Crippen LogP contribution is -2.51. The van der Waals surface area contributed by atoms with E-state index in [-0.39, 0.29) is 18.0 Å². The van der Waals surface area contributed by atoms with Gasteiger partial charge in [-0.25, -0.2) is 4.79 Å². The van der Waals surface area contributed by atoms with Crippen molar-refractivity contribution in [3.05, 3.63) is 47.4 Å². The van der Waals surface area contributed by atoms with Gasteiger partial charge in [0.2, 0.25) is 0 Å². The van der Waals surface area contributed by atoms with E-state index >= 15 is 0 Å². The van der Waals surface area contributed by atoms with Crippen molar-refractivity contribution in [1.82, 2.24) is 9.88 Å². The highest BCUT2D eigenvalue weighted by molar-refractivity contribution is 5.89. The van der Waals surface area contributed by atoms with Gasteiger partial charge < -0.3 is 14.5 Å². The number of hydrogen-bond acceptors (Lipinski definition) is 4. The number of carbonyl (C=O) groups is 1. The lowest BCUT2D eigenvalue weighted by atomic mass is 9.72. The summed E-state index contributed by atoms with van der Waals surface area (Å²) >= 11 is 0. The van der Waals surface area contributed by atoms with Crippen LogP contribution in [0.1, 0.15) is 30.6 Å². The highest BCUT2D eigenvalue weighted by Gasteiger charge is 2.46. The Morgan fingerprint density at radius 1 is 1.35 bits per heavy atom. The van der Waals surface area contributed by atoms with Crippen LogP contribution in [0.3, 0.4) is 0 Å². The molecule has 3 aliphatic rings. The average Bonchev–Trinajstić information content (AvgIpc) is 3.06. The number of nitrogens with one attached hydrogen (secondary N) is 1. The first-order valence-electron chi connectivity index (χ1n) is 9.44. The number of para-hydroxylation sites is 1. The van der Waals surface area contributed by atoms with Crippen LogP contribution in [0.5, 0.6) is 0 Å². The fourth-order valence-corrected chi connectivity index (χ4v) is 5.19. The summed E-state index contributed by atoms with van der Waals surface area (Å²) in [6.07, 6.45) is 3.77. The fraction of sp³-hybridized carbons (Fsp3) is 0.476. The Labute approximate surface area is 153 Å². The summed E-state index contributed by atoms with van der Waals surface area (Å²) < 4.78 is 10.8. The topological polar surface area (TPSA) is 54.6 Å². The predicted octanol–water partition coefficient (Wildman–Crippen LogP) is 3.18. The summed E-state index contributed by atoms with van der Waals surface area (Å²) in [7, 11) is 1.45. The summed E-state index contributed by atoms with van der Waals surface area (Å²) in [5, 5.41) is 1.34. The molecule has 1 fully saturated rings. The van der Waals surface area contributed by atoms with Crippen LogP contribution < -0.4 is 0 Å². The van der Waals surface area contributed by atoms with E-state index in [1.54, 1.807) is 6.26 Å². The molecule has 26 heavy (non-hydrogen) atoms. The first-order chi connectivity index (χ1) is 12.7. The van der Waals surface area contributed by atoms with E-state index in [0.29, 0.717) is 17.5 Å². The summed E-state index contributed by atoms with van der Waals surface area (Å²) in [5.74, 6) is 0.258. The molecule has 3 aliphatic heterocycles. The second-order valence-electron chi connectivity index (χ2n) is 7.74. The molecule has 5 rings (SSSR count). The fourth-order valence-electron chi connectivity index (χ4n) is 5.19. The third kappa shape index (κ3) is 2.23. The second kappa shape index (κ2) is 5.88. The number of fused-ring (bicyclic) bond motifs is 6. The Hall–Kier alpha value is -2.27. The van der Waals surface area contributed by atoms with Crippen LogP contribution in [0.4, 0.5) is 0 Å². The van der Waals surface area contributed by atoms with Crippen molar-refractivity contribution < 1.29 is 14.3 Å². The van der Waals surface area contributed by atoms with Crippen LogP contribution in [0, 0.1) is 11.8 Å². The number of aromatic nitrogens is 1. The highest BCUT2D eigenvalue weighted by atomic mass is 16.5. The Bertz CT molecular complexity index is 900. The van der Waals surface area contributed by atoms with Crippen LogP contribution in [-0.2, 0) is 20.7 Å². The van der Waals surface area contributed by atoms with Crippen LogP contribution in [0.2, 0.25) is 0 Å². The second-order valence-corrected chi connectivity index (χ2v) is 7.74. The molecule has 2 aromatic rings. The van der Waals surface area contributed by atoms with Crippen molar-refractivity contribution >= 4 is 16.9 Å². The largest absolute Gasteiger partial charge is 0.497 e. The minimum Gasteiger partial charge on any atom is -0.497 e. The number of aromatic amines is 1. The average molecular weight is 352 g/mol. The van der Waals surface area contributed by atoms with E-state index in [9.17, 15) is 4.79 Å². The number of ether oxygens (including phenoxy) is 2. The maximum atomic E-state index is 12.3. The zero-order valence-corrected chi connectivity index (χ0v) is 15.2. The van der Waals surface area contributed by atoms with Gasteiger partial charge in [-0.3, -0.25) is 4.90 Å². The highest BCUT2D eigenvalue weighted by Crippen LogP contribution is 2.47. The molecule has 1 unspecified atom stereocenters. The Kier molecular flexibility index (Phi) is 3.60. The summed E-state index contributed by atoms with van der Waals surface area (Å²) in [5.41, 5.74) is 4.69. The van der Waals surface area contributed by atoms with Gasteiger partial charge in [-0.2, -0.15) is 0 Å². The molecule has 0 spiro atoms. The molecule has 1 aromatic heterocycles. The number of rotatable bonds is 1. The van der Waals surface area contributed by atoms with E-state index in [4.69, 9.17) is 9.47 Å². The van der Waals surface area contributed by atoms with E-state index in [1.807, 2.05) is 0 Å². The molecule has 1 N–H and O–H groups in total. The number of piperidine rings is 1. The lowest BCUT2D eigenvalue weighted by Gasteiger charge is -2.49. The molecular weight excluding hydrogens is 328 g/mol. The maximum Gasteiger partial charge on any atom is 0.337 e. The van der Waals surface area contributed by atoms with Gasteiger partial charge in [0.25, 0.3) is 0 Å². The van der Waals surface area contributed by atoms with Crippen LogP contribution in [0.15, 0.2) is 36.1 Å². The van der Waals surface area contributed by atoms with Crippen molar-refractivity contribution in [2.75, 3.05) is 20.2 Å². The molecule has 0 saturated carbocycles. The van der Waals surface area contributed by atoms with Gasteiger partial charge in [0.1, 0.15) is 0 Å². The van der Waals surface area contributed by atoms with Crippen LogP contribution in [0.25, 0.3) is 10.9 Å². The Morgan fingerprint density at radius 2 is 2.19 bits per heavy atom. The third-order valence-electron chi connectivity index (χ3n) is 6.54. The summed E-state index contributed by atoms with van der Waals surface area (Å²) in [4.78, 5) is 18.5. The van der Waals surface area contributed by atoms with Gasteiger partial charge in [-0.05, 0) is 31.4 Å². The number of nitrogens with zero attached hydrogens (tertiary/aromatic N) is 1. The van der Waals surface area contributed by atoms with Gasteiger partial charge in [-0.15, -0.1) is 0 Å². The smallest absolute Gasteiger partial charge is 0.337 e. The Morgan fingerprint density at radius 3 is 3.04 bits per heavy atom. The standard InChI is InChI=1S/C21H24N2O3/c1-12-16-10-23-8-7-14-13-5-3-4-6-18(13)22-20(14)19(23)9-15(16)17(11-26-12)21(24)25-2/h3-6,11-12,15-16,19,22H,7-10H2,1-2H3/t12-,15?,16-,19-/m1/s1. The number of H-pyrrole nitrogens is 1. The molecule has 0 aliphatic carbocycles. The van der Waals surface area contributed by atoms with Crippen molar-refractivity contribution in [1.29, 1.82) is 0 Å². The van der Waals surface area contributed by atoms with Gasteiger partial charge in [-0.1, -0.05) is 18.2 Å². The van der Waals surface area contributed by atoms with Gasteiger partial charge >= 0.3 is 5.97 Å². The zero-order valence-electron chi connectivity index (χ0n) is 15.2. The first kappa shape index (κ1) is 15.9. The Balaban J connectivity index is 1.55. The molecule has 5 heteroatoms. The molecule has 0 bridgehead atoms. The molecule has 4 atom stereocenters. The number of esters is 1. The molecular formula is C21H24N2O3. The molecule has 136 valence electrons. The van der Waals surface area contributed by atoms with Crippen molar-refractivity contribution in [2.45, 2.75) is 31.9 Å².